The Labute approximate surface area is 154 Å². The zero-order valence-electron chi connectivity index (χ0n) is 16.0. The summed E-state index contributed by atoms with van der Waals surface area (Å²) in [5.74, 6) is 1.12. The monoisotopic (exact) mass is 347 g/mol. The Morgan fingerprint density at radius 1 is 0.885 bits per heavy atom. The molecule has 0 saturated heterocycles. The standard InChI is InChI=1S/C21H25N5/c1-14-10-11-16(12-15(14)2)23-19-13-22-26-20(25-19)24-18-9-7-6-8-17(18)21(3,4)5/h6-13H,1-5H3,(H2,23,24,25,26). The lowest BCUT2D eigenvalue weighted by Gasteiger charge is -2.22. The summed E-state index contributed by atoms with van der Waals surface area (Å²) in [5, 5.41) is 14.8. The van der Waals surface area contributed by atoms with E-state index in [2.05, 4.69) is 78.6 Å². The molecule has 0 aliphatic rings. The summed E-state index contributed by atoms with van der Waals surface area (Å²) in [7, 11) is 0. The van der Waals surface area contributed by atoms with Crippen molar-refractivity contribution in [3.05, 3.63) is 65.4 Å². The van der Waals surface area contributed by atoms with Gasteiger partial charge in [-0.15, -0.1) is 5.10 Å². The summed E-state index contributed by atoms with van der Waals surface area (Å²) in [4.78, 5) is 4.54. The number of hydrogen-bond acceptors (Lipinski definition) is 5. The SMILES string of the molecule is Cc1ccc(Nc2cnnc(Nc3ccccc3C(C)(C)C)n2)cc1C. The Morgan fingerprint density at radius 3 is 2.38 bits per heavy atom. The summed E-state index contributed by atoms with van der Waals surface area (Å²) >= 11 is 0. The van der Waals surface area contributed by atoms with Crippen LogP contribution in [0.3, 0.4) is 0 Å². The summed E-state index contributed by atoms with van der Waals surface area (Å²) in [5.41, 5.74) is 5.69. The van der Waals surface area contributed by atoms with Crippen LogP contribution in [0.15, 0.2) is 48.7 Å². The van der Waals surface area contributed by atoms with Crippen molar-refractivity contribution in [2.75, 3.05) is 10.6 Å². The third kappa shape index (κ3) is 4.17. The van der Waals surface area contributed by atoms with E-state index in [0.717, 1.165) is 11.4 Å². The van der Waals surface area contributed by atoms with Crippen LogP contribution in [0.5, 0.6) is 0 Å². The zero-order valence-corrected chi connectivity index (χ0v) is 16.0. The molecule has 0 unspecified atom stereocenters. The van der Waals surface area contributed by atoms with Crippen molar-refractivity contribution in [3.63, 3.8) is 0 Å². The fraction of sp³-hybridized carbons (Fsp3) is 0.286. The van der Waals surface area contributed by atoms with Crippen molar-refractivity contribution in [2.24, 2.45) is 0 Å². The fourth-order valence-electron chi connectivity index (χ4n) is 2.75. The van der Waals surface area contributed by atoms with Crippen molar-refractivity contribution in [1.29, 1.82) is 0 Å². The lowest BCUT2D eigenvalue weighted by atomic mass is 9.86. The van der Waals surface area contributed by atoms with Crippen LogP contribution in [0.1, 0.15) is 37.5 Å². The van der Waals surface area contributed by atoms with Crippen molar-refractivity contribution < 1.29 is 0 Å². The number of anilines is 4. The molecule has 1 heterocycles. The van der Waals surface area contributed by atoms with Crippen LogP contribution >= 0.6 is 0 Å². The second-order valence-corrected chi connectivity index (χ2v) is 7.51. The number of nitrogens with one attached hydrogen (secondary N) is 2. The van der Waals surface area contributed by atoms with E-state index in [1.165, 1.54) is 16.7 Å². The van der Waals surface area contributed by atoms with Gasteiger partial charge in [0.2, 0.25) is 5.95 Å². The van der Waals surface area contributed by atoms with Crippen LogP contribution in [0.4, 0.5) is 23.1 Å². The van der Waals surface area contributed by atoms with Crippen LogP contribution in [0.2, 0.25) is 0 Å². The molecular formula is C21H25N5. The van der Waals surface area contributed by atoms with E-state index in [1.54, 1.807) is 6.20 Å². The van der Waals surface area contributed by atoms with Gasteiger partial charge < -0.3 is 10.6 Å². The van der Waals surface area contributed by atoms with Crippen molar-refractivity contribution in [1.82, 2.24) is 15.2 Å². The smallest absolute Gasteiger partial charge is 0.249 e. The Bertz CT molecular complexity index is 912. The molecule has 3 aromatic rings. The molecule has 5 heteroatoms. The lowest BCUT2D eigenvalue weighted by Crippen LogP contribution is -2.14. The van der Waals surface area contributed by atoms with E-state index in [4.69, 9.17) is 0 Å². The maximum atomic E-state index is 4.54. The molecule has 0 amide bonds. The highest BCUT2D eigenvalue weighted by Crippen LogP contribution is 2.30. The molecule has 0 radical (unpaired) electrons. The molecule has 2 aromatic carbocycles. The molecule has 134 valence electrons. The Kier molecular flexibility index (Phi) is 4.89. The normalized spacial score (nSPS) is 11.3. The molecule has 1 aromatic heterocycles. The topological polar surface area (TPSA) is 62.7 Å². The quantitative estimate of drug-likeness (QED) is 0.673. The summed E-state index contributed by atoms with van der Waals surface area (Å²) < 4.78 is 0. The molecule has 5 nitrogen and oxygen atoms in total. The maximum Gasteiger partial charge on any atom is 0.249 e. The van der Waals surface area contributed by atoms with E-state index in [9.17, 15) is 0 Å². The highest BCUT2D eigenvalue weighted by atomic mass is 15.3. The summed E-state index contributed by atoms with van der Waals surface area (Å²) in [6.07, 6.45) is 1.62. The molecule has 26 heavy (non-hydrogen) atoms. The van der Waals surface area contributed by atoms with Gasteiger partial charge in [-0.1, -0.05) is 45.0 Å². The lowest BCUT2D eigenvalue weighted by molar-refractivity contribution is 0.592. The van der Waals surface area contributed by atoms with Gasteiger partial charge in [0.25, 0.3) is 0 Å². The van der Waals surface area contributed by atoms with Gasteiger partial charge in [-0.2, -0.15) is 10.1 Å². The van der Waals surface area contributed by atoms with E-state index < -0.39 is 0 Å². The van der Waals surface area contributed by atoms with Crippen LogP contribution in [0.25, 0.3) is 0 Å². The predicted molar refractivity (Wildman–Crippen MR) is 107 cm³/mol. The third-order valence-corrected chi connectivity index (χ3v) is 4.32. The van der Waals surface area contributed by atoms with E-state index in [-0.39, 0.29) is 5.41 Å². The van der Waals surface area contributed by atoms with Crippen molar-refractivity contribution in [2.45, 2.75) is 40.0 Å². The first-order valence-corrected chi connectivity index (χ1v) is 8.73. The van der Waals surface area contributed by atoms with Gasteiger partial charge >= 0.3 is 0 Å². The second-order valence-electron chi connectivity index (χ2n) is 7.51. The van der Waals surface area contributed by atoms with Gasteiger partial charge in [-0.05, 0) is 54.2 Å². The fourth-order valence-corrected chi connectivity index (χ4v) is 2.75. The maximum absolute atomic E-state index is 4.54. The van der Waals surface area contributed by atoms with Crippen molar-refractivity contribution in [3.8, 4) is 0 Å². The van der Waals surface area contributed by atoms with E-state index >= 15 is 0 Å². The van der Waals surface area contributed by atoms with Gasteiger partial charge in [0, 0.05) is 11.4 Å². The van der Waals surface area contributed by atoms with Crippen LogP contribution in [-0.4, -0.2) is 15.2 Å². The average Bonchev–Trinajstić information content (AvgIpc) is 2.58. The molecule has 0 saturated carbocycles. The number of nitrogens with zero attached hydrogens (tertiary/aromatic N) is 3. The van der Waals surface area contributed by atoms with Gasteiger partial charge in [-0.3, -0.25) is 0 Å². The first kappa shape index (κ1) is 17.9. The third-order valence-electron chi connectivity index (χ3n) is 4.32. The number of aromatic nitrogens is 3. The summed E-state index contributed by atoms with van der Waals surface area (Å²) in [6.45, 7) is 10.7. The average molecular weight is 347 g/mol. The largest absolute Gasteiger partial charge is 0.339 e. The molecular weight excluding hydrogens is 322 g/mol. The van der Waals surface area contributed by atoms with Crippen LogP contribution in [-0.2, 0) is 5.41 Å². The highest BCUT2D eigenvalue weighted by Gasteiger charge is 2.18. The number of rotatable bonds is 4. The van der Waals surface area contributed by atoms with E-state index in [1.807, 2.05) is 24.3 Å². The minimum atomic E-state index is 0.0201. The molecule has 0 aliphatic carbocycles. The highest BCUT2D eigenvalue weighted by molar-refractivity contribution is 5.62. The molecule has 0 spiro atoms. The van der Waals surface area contributed by atoms with Gasteiger partial charge in [0.1, 0.15) is 0 Å². The number of aryl methyl sites for hydroxylation is 2. The van der Waals surface area contributed by atoms with E-state index in [0.29, 0.717) is 11.8 Å². The molecule has 0 atom stereocenters. The first-order chi connectivity index (χ1) is 12.3. The molecule has 0 bridgehead atoms. The zero-order chi connectivity index (χ0) is 18.7. The Morgan fingerprint density at radius 2 is 1.65 bits per heavy atom. The Balaban J connectivity index is 1.83. The molecule has 2 N–H and O–H groups in total. The van der Waals surface area contributed by atoms with Gasteiger partial charge in [0.05, 0.1) is 6.20 Å². The predicted octanol–water partition coefficient (Wildman–Crippen LogP) is 5.27. The molecule has 0 fully saturated rings. The number of hydrogen-bond donors (Lipinski definition) is 2. The van der Waals surface area contributed by atoms with Crippen LogP contribution < -0.4 is 10.6 Å². The Hall–Kier alpha value is -2.95. The first-order valence-electron chi connectivity index (χ1n) is 8.73. The van der Waals surface area contributed by atoms with Crippen molar-refractivity contribution >= 4 is 23.1 Å². The van der Waals surface area contributed by atoms with Gasteiger partial charge in [0.15, 0.2) is 5.82 Å². The minimum Gasteiger partial charge on any atom is -0.339 e. The minimum absolute atomic E-state index is 0.0201. The molecule has 3 rings (SSSR count). The van der Waals surface area contributed by atoms with Crippen LogP contribution in [0, 0.1) is 13.8 Å². The number of para-hydroxylation sites is 1. The second kappa shape index (κ2) is 7.12. The van der Waals surface area contributed by atoms with Gasteiger partial charge in [-0.25, -0.2) is 0 Å². The molecule has 0 aliphatic heterocycles. The summed E-state index contributed by atoms with van der Waals surface area (Å²) in [6, 6.07) is 14.4. The number of benzene rings is 2.